The quantitative estimate of drug-likeness (QED) is 0.680. The first kappa shape index (κ1) is 20.4. The molecule has 3 N–H and O–H groups in total. The van der Waals surface area contributed by atoms with E-state index in [1.165, 1.54) is 0 Å². The predicted octanol–water partition coefficient (Wildman–Crippen LogP) is 1.59. The summed E-state index contributed by atoms with van der Waals surface area (Å²) in [5, 5.41) is 7.05. The van der Waals surface area contributed by atoms with E-state index in [0.29, 0.717) is 25.2 Å². The fraction of sp³-hybridized carbons (Fsp3) is 0.400. The van der Waals surface area contributed by atoms with Crippen molar-refractivity contribution < 1.29 is 14.4 Å². The number of urea groups is 1. The van der Waals surface area contributed by atoms with Crippen molar-refractivity contribution in [1.82, 2.24) is 25.5 Å². The van der Waals surface area contributed by atoms with Gasteiger partial charge in [0.15, 0.2) is 0 Å². The Morgan fingerprint density at radius 1 is 1.14 bits per heavy atom. The first-order valence-electron chi connectivity index (χ1n) is 9.63. The Kier molecular flexibility index (Phi) is 6.48. The van der Waals surface area contributed by atoms with Crippen LogP contribution in [0.4, 0.5) is 10.5 Å². The molecule has 0 bridgehead atoms. The predicted molar refractivity (Wildman–Crippen MR) is 108 cm³/mol. The van der Waals surface area contributed by atoms with Crippen LogP contribution in [0.5, 0.6) is 0 Å². The van der Waals surface area contributed by atoms with Crippen LogP contribution in [0.2, 0.25) is 0 Å². The molecule has 154 valence electrons. The maximum atomic E-state index is 12.4. The lowest BCUT2D eigenvalue weighted by Crippen LogP contribution is -2.51. The third-order valence-electron chi connectivity index (χ3n) is 4.83. The lowest BCUT2D eigenvalue weighted by atomic mass is 9.98. The number of para-hydroxylation sites is 1. The van der Waals surface area contributed by atoms with Gasteiger partial charge < -0.3 is 10.2 Å². The van der Waals surface area contributed by atoms with Crippen molar-refractivity contribution in [3.05, 3.63) is 47.8 Å². The molecule has 0 radical (unpaired) electrons. The average Bonchev–Trinajstić information content (AvgIpc) is 3.03. The third-order valence-corrected chi connectivity index (χ3v) is 4.83. The van der Waals surface area contributed by atoms with Gasteiger partial charge in [-0.05, 0) is 44.9 Å². The molecule has 3 rings (SSSR count). The molecule has 1 aliphatic heterocycles. The first-order chi connectivity index (χ1) is 13.9. The molecule has 1 fully saturated rings. The number of rotatable bonds is 4. The number of hydrogen-bond donors (Lipinski definition) is 3. The van der Waals surface area contributed by atoms with Crippen molar-refractivity contribution >= 4 is 23.5 Å². The number of likely N-dealkylation sites (tertiary alicyclic amines) is 1. The zero-order valence-corrected chi connectivity index (χ0v) is 16.6. The Labute approximate surface area is 169 Å². The Morgan fingerprint density at radius 3 is 2.59 bits per heavy atom. The SMILES string of the molecule is Cc1cc(C)n(CC(=O)NNC(=O)[C@H]2CCCN(C(=O)Nc3ccccc3)C2)n1. The molecule has 9 nitrogen and oxygen atoms in total. The summed E-state index contributed by atoms with van der Waals surface area (Å²) >= 11 is 0. The summed E-state index contributed by atoms with van der Waals surface area (Å²) in [6.07, 6.45) is 1.38. The second-order valence-electron chi connectivity index (χ2n) is 7.20. The highest BCUT2D eigenvalue weighted by molar-refractivity contribution is 5.90. The van der Waals surface area contributed by atoms with Gasteiger partial charge in [-0.3, -0.25) is 25.1 Å². The highest BCUT2D eigenvalue weighted by atomic mass is 16.2. The highest BCUT2D eigenvalue weighted by Crippen LogP contribution is 2.18. The van der Waals surface area contributed by atoms with Crippen molar-refractivity contribution in [1.29, 1.82) is 0 Å². The molecule has 0 unspecified atom stereocenters. The molecule has 1 aromatic heterocycles. The fourth-order valence-electron chi connectivity index (χ4n) is 3.34. The van der Waals surface area contributed by atoms with Crippen LogP contribution in [-0.2, 0) is 16.1 Å². The van der Waals surface area contributed by atoms with Gasteiger partial charge in [-0.2, -0.15) is 5.10 Å². The number of hydrogen-bond acceptors (Lipinski definition) is 4. The average molecular weight is 398 g/mol. The van der Waals surface area contributed by atoms with Gasteiger partial charge in [-0.1, -0.05) is 18.2 Å². The van der Waals surface area contributed by atoms with Gasteiger partial charge in [0.1, 0.15) is 6.54 Å². The van der Waals surface area contributed by atoms with Crippen LogP contribution in [-0.4, -0.2) is 45.6 Å². The number of anilines is 1. The van der Waals surface area contributed by atoms with E-state index in [2.05, 4.69) is 21.3 Å². The summed E-state index contributed by atoms with van der Waals surface area (Å²) in [6.45, 7) is 4.63. The van der Waals surface area contributed by atoms with Gasteiger partial charge in [0.05, 0.1) is 11.6 Å². The third kappa shape index (κ3) is 5.56. The molecule has 1 aromatic carbocycles. The molecule has 29 heavy (non-hydrogen) atoms. The van der Waals surface area contributed by atoms with Crippen LogP contribution in [0.15, 0.2) is 36.4 Å². The van der Waals surface area contributed by atoms with Crippen LogP contribution >= 0.6 is 0 Å². The summed E-state index contributed by atoms with van der Waals surface area (Å²) in [4.78, 5) is 38.6. The van der Waals surface area contributed by atoms with E-state index in [1.807, 2.05) is 50.2 Å². The standard InChI is InChI=1S/C20H26N6O3/c1-14-11-15(2)26(24-14)13-18(27)22-23-19(28)16-7-6-10-25(12-16)20(29)21-17-8-4-3-5-9-17/h3-5,8-9,11,16H,6-7,10,12-13H2,1-2H3,(H,21,29)(H,22,27)(H,23,28)/t16-/m0/s1. The number of nitrogens with one attached hydrogen (secondary N) is 3. The Balaban J connectivity index is 1.47. The summed E-state index contributed by atoms with van der Waals surface area (Å²) in [5.41, 5.74) is 7.31. The topological polar surface area (TPSA) is 108 Å². The molecule has 2 aromatic rings. The molecular weight excluding hydrogens is 372 g/mol. The Bertz CT molecular complexity index is 880. The smallest absolute Gasteiger partial charge is 0.321 e. The highest BCUT2D eigenvalue weighted by Gasteiger charge is 2.28. The second kappa shape index (κ2) is 9.22. The number of aromatic nitrogens is 2. The molecule has 0 spiro atoms. The zero-order valence-electron chi connectivity index (χ0n) is 16.6. The lowest BCUT2D eigenvalue weighted by molar-refractivity contribution is -0.132. The minimum Gasteiger partial charge on any atom is -0.324 e. The second-order valence-corrected chi connectivity index (χ2v) is 7.20. The van der Waals surface area contributed by atoms with Gasteiger partial charge in [0.25, 0.3) is 5.91 Å². The summed E-state index contributed by atoms with van der Waals surface area (Å²) in [7, 11) is 0. The van der Waals surface area contributed by atoms with E-state index in [1.54, 1.807) is 9.58 Å². The maximum Gasteiger partial charge on any atom is 0.321 e. The van der Waals surface area contributed by atoms with Gasteiger partial charge >= 0.3 is 6.03 Å². The Morgan fingerprint density at radius 2 is 1.90 bits per heavy atom. The van der Waals surface area contributed by atoms with Gasteiger partial charge in [-0.15, -0.1) is 0 Å². The molecule has 1 atom stereocenters. The molecule has 4 amide bonds. The van der Waals surface area contributed by atoms with Crippen molar-refractivity contribution in [3.8, 4) is 0 Å². The van der Waals surface area contributed by atoms with E-state index in [0.717, 1.165) is 17.8 Å². The van der Waals surface area contributed by atoms with Crippen LogP contribution in [0.25, 0.3) is 0 Å². The minimum absolute atomic E-state index is 0.0240. The van der Waals surface area contributed by atoms with Crippen LogP contribution in [0.3, 0.4) is 0 Å². The number of amides is 4. The van der Waals surface area contributed by atoms with E-state index < -0.39 is 0 Å². The van der Waals surface area contributed by atoms with E-state index >= 15 is 0 Å². The monoisotopic (exact) mass is 398 g/mol. The summed E-state index contributed by atoms with van der Waals surface area (Å²) in [6, 6.07) is 10.8. The van der Waals surface area contributed by atoms with Gasteiger partial charge in [-0.25, -0.2) is 4.79 Å². The van der Waals surface area contributed by atoms with Crippen molar-refractivity contribution in [2.45, 2.75) is 33.2 Å². The van der Waals surface area contributed by atoms with E-state index in [4.69, 9.17) is 0 Å². The maximum absolute atomic E-state index is 12.4. The lowest BCUT2D eigenvalue weighted by Gasteiger charge is -2.32. The molecule has 9 heteroatoms. The van der Waals surface area contributed by atoms with Crippen LogP contribution < -0.4 is 16.2 Å². The zero-order chi connectivity index (χ0) is 20.8. The minimum atomic E-state index is -0.376. The molecule has 2 heterocycles. The molecular formula is C20H26N6O3. The number of benzene rings is 1. The van der Waals surface area contributed by atoms with Crippen molar-refractivity contribution in [3.63, 3.8) is 0 Å². The number of carbonyl (C=O) groups is 3. The first-order valence-corrected chi connectivity index (χ1v) is 9.63. The molecule has 1 saturated heterocycles. The van der Waals surface area contributed by atoms with Crippen molar-refractivity contribution in [2.24, 2.45) is 5.92 Å². The fourth-order valence-corrected chi connectivity index (χ4v) is 3.34. The largest absolute Gasteiger partial charge is 0.324 e. The molecule has 0 saturated carbocycles. The number of piperidine rings is 1. The van der Waals surface area contributed by atoms with E-state index in [9.17, 15) is 14.4 Å². The Hall–Kier alpha value is -3.36. The summed E-state index contributed by atoms with van der Waals surface area (Å²) < 4.78 is 1.58. The van der Waals surface area contributed by atoms with Crippen molar-refractivity contribution in [2.75, 3.05) is 18.4 Å². The number of hydrazine groups is 1. The molecule has 1 aliphatic rings. The number of carbonyl (C=O) groups excluding carboxylic acids is 3. The van der Waals surface area contributed by atoms with Crippen LogP contribution in [0.1, 0.15) is 24.2 Å². The molecule has 0 aliphatic carbocycles. The van der Waals surface area contributed by atoms with Gasteiger partial charge in [0.2, 0.25) is 5.91 Å². The van der Waals surface area contributed by atoms with Gasteiger partial charge in [0, 0.05) is 24.5 Å². The number of aryl methyl sites for hydroxylation is 2. The van der Waals surface area contributed by atoms with E-state index in [-0.39, 0.29) is 30.3 Å². The summed E-state index contributed by atoms with van der Waals surface area (Å²) in [5.74, 6) is -1.04. The van der Waals surface area contributed by atoms with Crippen LogP contribution in [0, 0.1) is 19.8 Å². The number of nitrogens with zero attached hydrogens (tertiary/aromatic N) is 3. The normalized spacial score (nSPS) is 16.2.